The van der Waals surface area contributed by atoms with Crippen LogP contribution in [0.5, 0.6) is 0 Å². The van der Waals surface area contributed by atoms with E-state index in [1.165, 1.54) is 4.90 Å². The summed E-state index contributed by atoms with van der Waals surface area (Å²) in [6.07, 6.45) is -4.78. The third-order valence-electron chi connectivity index (χ3n) is 2.62. The van der Waals surface area contributed by atoms with Crippen molar-refractivity contribution in [1.82, 2.24) is 4.90 Å². The highest BCUT2D eigenvalue weighted by Gasteiger charge is 2.48. The number of carbonyl (C=O) groups is 1. The van der Waals surface area contributed by atoms with E-state index in [4.69, 9.17) is 9.84 Å². The van der Waals surface area contributed by atoms with Gasteiger partial charge in [-0.05, 0) is 0 Å². The number of carbonyl (C=O) groups excluding carboxylic acids is 1. The molecule has 1 amide bonds. The maximum absolute atomic E-state index is 11.2. The van der Waals surface area contributed by atoms with Crippen LogP contribution >= 0.6 is 0 Å². The smallest absolute Gasteiger partial charge is 0.412 e. The van der Waals surface area contributed by atoms with Crippen LogP contribution in [0.25, 0.3) is 0 Å². The molecule has 1 unspecified atom stereocenters. The summed E-state index contributed by atoms with van der Waals surface area (Å²) in [5.74, 6) is 0. The van der Waals surface area contributed by atoms with Gasteiger partial charge in [-0.25, -0.2) is 4.79 Å². The Hall–Kier alpha value is -0.890. The lowest BCUT2D eigenvalue weighted by Gasteiger charge is -2.23. The molecule has 0 spiro atoms. The summed E-state index contributed by atoms with van der Waals surface area (Å²) < 4.78 is 9.85. The Morgan fingerprint density at radius 1 is 1.40 bits per heavy atom. The minimum Gasteiger partial charge on any atom is -0.447 e. The first-order valence-corrected chi connectivity index (χ1v) is 4.71. The summed E-state index contributed by atoms with van der Waals surface area (Å²) in [6, 6.07) is 0. The second-order valence-corrected chi connectivity index (χ2v) is 3.54. The van der Waals surface area contributed by atoms with Gasteiger partial charge in [-0.2, -0.15) is 0 Å². The quantitative estimate of drug-likeness (QED) is 0.491. The van der Waals surface area contributed by atoms with Crippen molar-refractivity contribution < 1.29 is 29.6 Å². The van der Waals surface area contributed by atoms with Gasteiger partial charge in [0.2, 0.25) is 0 Å². The molecule has 0 aromatic heterocycles. The highest BCUT2D eigenvalue weighted by molar-refractivity contribution is 5.69. The van der Waals surface area contributed by atoms with Crippen LogP contribution in [0.4, 0.5) is 4.79 Å². The van der Waals surface area contributed by atoms with E-state index < -0.39 is 37.2 Å². The fourth-order valence-electron chi connectivity index (χ4n) is 1.77. The van der Waals surface area contributed by atoms with Crippen LogP contribution in [0.2, 0.25) is 0 Å². The fraction of sp³-hybridized carbons (Fsp3) is 0.875. The van der Waals surface area contributed by atoms with Gasteiger partial charge in [0.25, 0.3) is 0 Å². The third-order valence-corrected chi connectivity index (χ3v) is 2.62. The first-order valence-electron chi connectivity index (χ1n) is 4.71. The molecule has 2 rings (SSSR count). The average molecular weight is 219 g/mol. The van der Waals surface area contributed by atoms with E-state index in [-0.39, 0.29) is 6.61 Å². The van der Waals surface area contributed by atoms with Gasteiger partial charge in [0.15, 0.2) is 6.23 Å². The lowest BCUT2D eigenvalue weighted by atomic mass is 10.1. The van der Waals surface area contributed by atoms with Gasteiger partial charge in [0.1, 0.15) is 24.9 Å². The molecule has 0 aromatic rings. The van der Waals surface area contributed by atoms with Crippen molar-refractivity contribution in [2.24, 2.45) is 0 Å². The van der Waals surface area contributed by atoms with Crippen LogP contribution in [0.1, 0.15) is 0 Å². The molecule has 0 aliphatic carbocycles. The maximum Gasteiger partial charge on any atom is 0.412 e. The average Bonchev–Trinajstić information content (AvgIpc) is 2.74. The molecule has 2 saturated heterocycles. The summed E-state index contributed by atoms with van der Waals surface area (Å²) >= 11 is 0. The molecule has 2 aliphatic heterocycles. The van der Waals surface area contributed by atoms with E-state index >= 15 is 0 Å². The Balaban J connectivity index is 2.07. The molecular weight excluding hydrogens is 206 g/mol. The van der Waals surface area contributed by atoms with Gasteiger partial charge in [0.05, 0.1) is 13.2 Å². The van der Waals surface area contributed by atoms with Gasteiger partial charge in [-0.3, -0.25) is 4.90 Å². The summed E-state index contributed by atoms with van der Waals surface area (Å²) in [4.78, 5) is 12.4. The zero-order valence-corrected chi connectivity index (χ0v) is 7.94. The predicted octanol–water partition coefficient (Wildman–Crippen LogP) is -2.12. The topological polar surface area (TPSA) is 99.5 Å². The molecule has 15 heavy (non-hydrogen) atoms. The monoisotopic (exact) mass is 219 g/mol. The summed E-state index contributed by atoms with van der Waals surface area (Å²) in [7, 11) is 0. The normalized spacial score (nSPS) is 41.0. The lowest BCUT2D eigenvalue weighted by Crippen LogP contribution is -2.44. The fourth-order valence-corrected chi connectivity index (χ4v) is 1.77. The van der Waals surface area contributed by atoms with Crippen molar-refractivity contribution in [2.75, 3.05) is 19.8 Å². The minimum atomic E-state index is -1.22. The Kier molecular flexibility index (Phi) is 2.79. The predicted molar refractivity (Wildman–Crippen MR) is 45.8 cm³/mol. The van der Waals surface area contributed by atoms with Gasteiger partial charge in [-0.15, -0.1) is 0 Å². The summed E-state index contributed by atoms with van der Waals surface area (Å²) in [6.45, 7) is 0.147. The van der Waals surface area contributed by atoms with Crippen molar-refractivity contribution in [3.8, 4) is 0 Å². The van der Waals surface area contributed by atoms with Crippen LogP contribution in [0.3, 0.4) is 0 Å². The minimum absolute atomic E-state index is 0.241. The first-order chi connectivity index (χ1) is 7.15. The first kappa shape index (κ1) is 10.6. The standard InChI is InChI=1S/C8H13NO6/c10-3-4-5(11)6(12)7(15-4)9-1-2-14-8(9)13/h4-7,10-12H,1-3H2/t4-,5-,6+,7?/m1/s1. The van der Waals surface area contributed by atoms with Crippen molar-refractivity contribution in [1.29, 1.82) is 0 Å². The van der Waals surface area contributed by atoms with Crippen molar-refractivity contribution >= 4 is 6.09 Å². The maximum atomic E-state index is 11.2. The number of hydrogen-bond donors (Lipinski definition) is 3. The lowest BCUT2D eigenvalue weighted by molar-refractivity contribution is -0.0751. The zero-order chi connectivity index (χ0) is 11.0. The number of nitrogens with zero attached hydrogens (tertiary/aromatic N) is 1. The van der Waals surface area contributed by atoms with Crippen LogP contribution in [-0.4, -0.2) is 70.6 Å². The Bertz CT molecular complexity index is 260. The van der Waals surface area contributed by atoms with Crippen molar-refractivity contribution in [2.45, 2.75) is 24.5 Å². The highest BCUT2D eigenvalue weighted by atomic mass is 16.6. The third kappa shape index (κ3) is 1.67. The molecule has 7 nitrogen and oxygen atoms in total. The highest BCUT2D eigenvalue weighted by Crippen LogP contribution is 2.25. The molecule has 0 radical (unpaired) electrons. The summed E-state index contributed by atoms with van der Waals surface area (Å²) in [5, 5.41) is 27.9. The number of ether oxygens (including phenoxy) is 2. The number of cyclic esters (lactones) is 1. The second-order valence-electron chi connectivity index (χ2n) is 3.54. The number of hydrogen-bond acceptors (Lipinski definition) is 6. The Morgan fingerprint density at radius 2 is 2.13 bits per heavy atom. The number of aliphatic hydroxyl groups excluding tert-OH is 3. The van der Waals surface area contributed by atoms with Crippen molar-refractivity contribution in [3.05, 3.63) is 0 Å². The van der Waals surface area contributed by atoms with E-state index in [9.17, 15) is 15.0 Å². The number of amides is 1. The van der Waals surface area contributed by atoms with Crippen LogP contribution in [0, 0.1) is 0 Å². The Morgan fingerprint density at radius 3 is 2.60 bits per heavy atom. The van der Waals surface area contributed by atoms with E-state index in [1.807, 2.05) is 0 Å². The molecule has 4 atom stereocenters. The molecule has 2 aliphatic rings. The molecule has 0 saturated carbocycles. The molecule has 0 aromatic carbocycles. The largest absolute Gasteiger partial charge is 0.447 e. The van der Waals surface area contributed by atoms with E-state index in [0.29, 0.717) is 6.54 Å². The van der Waals surface area contributed by atoms with Gasteiger partial charge in [-0.1, -0.05) is 0 Å². The Labute approximate surface area is 85.8 Å². The number of aliphatic hydroxyl groups is 3. The molecule has 7 heteroatoms. The molecule has 2 fully saturated rings. The van der Waals surface area contributed by atoms with E-state index in [1.54, 1.807) is 0 Å². The van der Waals surface area contributed by atoms with Gasteiger partial charge < -0.3 is 24.8 Å². The second kappa shape index (κ2) is 3.93. The number of rotatable bonds is 2. The molecule has 2 heterocycles. The van der Waals surface area contributed by atoms with Crippen LogP contribution in [-0.2, 0) is 9.47 Å². The molecule has 0 bridgehead atoms. The van der Waals surface area contributed by atoms with E-state index in [0.717, 1.165) is 0 Å². The molecule has 3 N–H and O–H groups in total. The van der Waals surface area contributed by atoms with Gasteiger partial charge >= 0.3 is 6.09 Å². The zero-order valence-electron chi connectivity index (χ0n) is 7.94. The van der Waals surface area contributed by atoms with Crippen LogP contribution < -0.4 is 0 Å². The SMILES string of the molecule is O=C1OCCN1C1O[C@H](CO)[C@@H](O)[C@@H]1O. The van der Waals surface area contributed by atoms with Crippen molar-refractivity contribution in [3.63, 3.8) is 0 Å². The summed E-state index contributed by atoms with van der Waals surface area (Å²) in [5.41, 5.74) is 0. The molecular formula is C8H13NO6. The molecule has 86 valence electrons. The van der Waals surface area contributed by atoms with Crippen LogP contribution in [0.15, 0.2) is 0 Å². The van der Waals surface area contributed by atoms with Gasteiger partial charge in [0, 0.05) is 0 Å². The van der Waals surface area contributed by atoms with E-state index in [2.05, 4.69) is 4.74 Å².